The molecule has 1 aliphatic rings. The van der Waals surface area contributed by atoms with Crippen molar-refractivity contribution in [2.75, 3.05) is 19.8 Å². The first kappa shape index (κ1) is 12.5. The van der Waals surface area contributed by atoms with Crippen molar-refractivity contribution in [2.45, 2.75) is 38.6 Å². The molecule has 1 rings (SSSR count). The standard InChI is InChI=1S/C11H21NO3/c1-2-7-15-8-3-6-12-10(11(13)14)9-4-5-9/h9-10,12H,2-8H2,1H3,(H,13,14). The Morgan fingerprint density at radius 3 is 2.80 bits per heavy atom. The largest absolute Gasteiger partial charge is 0.480 e. The van der Waals surface area contributed by atoms with Crippen LogP contribution in [0.25, 0.3) is 0 Å². The second kappa shape index (κ2) is 6.80. The number of carboxylic acid groups (broad SMARTS) is 1. The summed E-state index contributed by atoms with van der Waals surface area (Å²) in [4.78, 5) is 10.9. The highest BCUT2D eigenvalue weighted by Crippen LogP contribution is 2.32. The van der Waals surface area contributed by atoms with E-state index < -0.39 is 5.97 Å². The van der Waals surface area contributed by atoms with Gasteiger partial charge < -0.3 is 15.2 Å². The van der Waals surface area contributed by atoms with Crippen LogP contribution >= 0.6 is 0 Å². The van der Waals surface area contributed by atoms with Gasteiger partial charge in [0, 0.05) is 13.2 Å². The Hall–Kier alpha value is -0.610. The molecule has 0 amide bonds. The molecule has 1 fully saturated rings. The molecular formula is C11H21NO3. The minimum absolute atomic E-state index is 0.337. The fourth-order valence-electron chi connectivity index (χ4n) is 1.56. The van der Waals surface area contributed by atoms with Crippen molar-refractivity contribution in [3.8, 4) is 0 Å². The third-order valence-corrected chi connectivity index (χ3v) is 2.54. The highest BCUT2D eigenvalue weighted by atomic mass is 16.5. The molecule has 1 atom stereocenters. The van der Waals surface area contributed by atoms with Gasteiger partial charge in [0.2, 0.25) is 0 Å². The van der Waals surface area contributed by atoms with Crippen LogP contribution < -0.4 is 5.32 Å². The molecule has 0 saturated heterocycles. The second-order valence-corrected chi connectivity index (χ2v) is 4.07. The minimum Gasteiger partial charge on any atom is -0.480 e. The van der Waals surface area contributed by atoms with Crippen molar-refractivity contribution < 1.29 is 14.6 Å². The van der Waals surface area contributed by atoms with E-state index in [-0.39, 0.29) is 6.04 Å². The molecule has 15 heavy (non-hydrogen) atoms. The van der Waals surface area contributed by atoms with Gasteiger partial charge in [-0.05, 0) is 38.1 Å². The Labute approximate surface area is 91.0 Å². The molecule has 2 N–H and O–H groups in total. The first-order valence-electron chi connectivity index (χ1n) is 5.79. The number of nitrogens with one attached hydrogen (secondary N) is 1. The van der Waals surface area contributed by atoms with E-state index in [2.05, 4.69) is 12.2 Å². The number of rotatable bonds is 9. The zero-order chi connectivity index (χ0) is 11.1. The quantitative estimate of drug-likeness (QED) is 0.568. The molecule has 0 aliphatic heterocycles. The predicted molar refractivity (Wildman–Crippen MR) is 57.9 cm³/mol. The van der Waals surface area contributed by atoms with Crippen molar-refractivity contribution >= 4 is 5.97 Å². The van der Waals surface area contributed by atoms with Crippen LogP contribution in [0.4, 0.5) is 0 Å². The summed E-state index contributed by atoms with van der Waals surface area (Å²) in [7, 11) is 0. The van der Waals surface area contributed by atoms with E-state index in [0.29, 0.717) is 5.92 Å². The van der Waals surface area contributed by atoms with E-state index >= 15 is 0 Å². The van der Waals surface area contributed by atoms with Gasteiger partial charge in [-0.25, -0.2) is 0 Å². The summed E-state index contributed by atoms with van der Waals surface area (Å²) in [5, 5.41) is 12.0. The summed E-state index contributed by atoms with van der Waals surface area (Å²) in [6, 6.07) is -0.337. The van der Waals surface area contributed by atoms with Crippen LogP contribution in [0.5, 0.6) is 0 Å². The van der Waals surface area contributed by atoms with E-state index in [1.54, 1.807) is 0 Å². The molecule has 0 radical (unpaired) electrons. The minimum atomic E-state index is -0.716. The van der Waals surface area contributed by atoms with E-state index in [9.17, 15) is 4.79 Å². The van der Waals surface area contributed by atoms with Gasteiger partial charge in [0.1, 0.15) is 6.04 Å². The number of hydrogen-bond donors (Lipinski definition) is 2. The number of carbonyl (C=O) groups is 1. The molecular weight excluding hydrogens is 194 g/mol. The topological polar surface area (TPSA) is 58.6 Å². The fourth-order valence-corrected chi connectivity index (χ4v) is 1.56. The number of aliphatic carboxylic acids is 1. The average Bonchev–Trinajstić information content (AvgIpc) is 3.00. The third-order valence-electron chi connectivity index (χ3n) is 2.54. The molecule has 4 nitrogen and oxygen atoms in total. The van der Waals surface area contributed by atoms with Gasteiger partial charge in [-0.1, -0.05) is 6.92 Å². The van der Waals surface area contributed by atoms with E-state index in [0.717, 1.165) is 45.4 Å². The zero-order valence-corrected chi connectivity index (χ0v) is 9.37. The molecule has 0 spiro atoms. The maximum absolute atomic E-state index is 10.9. The van der Waals surface area contributed by atoms with Gasteiger partial charge >= 0.3 is 5.97 Å². The van der Waals surface area contributed by atoms with E-state index in [1.165, 1.54) is 0 Å². The fraction of sp³-hybridized carbons (Fsp3) is 0.909. The molecule has 1 unspecified atom stereocenters. The lowest BCUT2D eigenvalue weighted by molar-refractivity contribution is -0.140. The molecule has 1 aliphatic carbocycles. The van der Waals surface area contributed by atoms with Gasteiger partial charge in [0.25, 0.3) is 0 Å². The van der Waals surface area contributed by atoms with Gasteiger partial charge in [0.15, 0.2) is 0 Å². The molecule has 0 aromatic carbocycles. The maximum atomic E-state index is 10.9. The first-order valence-corrected chi connectivity index (χ1v) is 5.79. The SMILES string of the molecule is CCCOCCCNC(C(=O)O)C1CC1. The van der Waals surface area contributed by atoms with Crippen LogP contribution in [-0.2, 0) is 9.53 Å². The Kier molecular flexibility index (Phi) is 5.65. The predicted octanol–water partition coefficient (Wildman–Crippen LogP) is 1.26. The zero-order valence-electron chi connectivity index (χ0n) is 9.37. The lowest BCUT2D eigenvalue weighted by atomic mass is 10.2. The summed E-state index contributed by atoms with van der Waals surface area (Å²) in [5.41, 5.74) is 0. The van der Waals surface area contributed by atoms with Crippen molar-refractivity contribution in [2.24, 2.45) is 5.92 Å². The van der Waals surface area contributed by atoms with Gasteiger partial charge in [-0.3, -0.25) is 4.79 Å². The first-order chi connectivity index (χ1) is 7.25. The Balaban J connectivity index is 1.99. The van der Waals surface area contributed by atoms with Crippen LogP contribution in [0.15, 0.2) is 0 Å². The summed E-state index contributed by atoms with van der Waals surface area (Å²) in [6.07, 6.45) is 4.02. The van der Waals surface area contributed by atoms with Crippen molar-refractivity contribution in [1.82, 2.24) is 5.32 Å². The lowest BCUT2D eigenvalue weighted by Gasteiger charge is -2.13. The summed E-state index contributed by atoms with van der Waals surface area (Å²) < 4.78 is 5.31. The summed E-state index contributed by atoms with van der Waals surface area (Å²) >= 11 is 0. The van der Waals surface area contributed by atoms with Crippen LogP contribution in [0.1, 0.15) is 32.6 Å². The van der Waals surface area contributed by atoms with Crippen LogP contribution in [-0.4, -0.2) is 36.9 Å². The molecule has 0 aromatic heterocycles. The highest BCUT2D eigenvalue weighted by Gasteiger charge is 2.35. The van der Waals surface area contributed by atoms with Crippen LogP contribution in [0, 0.1) is 5.92 Å². The smallest absolute Gasteiger partial charge is 0.320 e. The van der Waals surface area contributed by atoms with E-state index in [1.807, 2.05) is 0 Å². The average molecular weight is 215 g/mol. The molecule has 4 heteroatoms. The molecule has 0 aromatic rings. The van der Waals surface area contributed by atoms with E-state index in [4.69, 9.17) is 9.84 Å². The molecule has 0 heterocycles. The Morgan fingerprint density at radius 2 is 2.27 bits per heavy atom. The van der Waals surface area contributed by atoms with Crippen molar-refractivity contribution in [1.29, 1.82) is 0 Å². The Morgan fingerprint density at radius 1 is 1.53 bits per heavy atom. The van der Waals surface area contributed by atoms with Crippen molar-refractivity contribution in [3.63, 3.8) is 0 Å². The molecule has 88 valence electrons. The van der Waals surface area contributed by atoms with Gasteiger partial charge in [0.05, 0.1) is 0 Å². The lowest BCUT2D eigenvalue weighted by Crippen LogP contribution is -2.39. The number of carboxylic acids is 1. The monoisotopic (exact) mass is 215 g/mol. The summed E-state index contributed by atoms with van der Waals surface area (Å²) in [6.45, 7) is 4.33. The second-order valence-electron chi connectivity index (χ2n) is 4.07. The van der Waals surface area contributed by atoms with Gasteiger partial charge in [-0.15, -0.1) is 0 Å². The number of ether oxygens (including phenoxy) is 1. The van der Waals surface area contributed by atoms with Crippen LogP contribution in [0.3, 0.4) is 0 Å². The Bertz CT molecular complexity index is 192. The van der Waals surface area contributed by atoms with Crippen molar-refractivity contribution in [3.05, 3.63) is 0 Å². The normalized spacial score (nSPS) is 17.7. The third kappa shape index (κ3) is 5.14. The number of hydrogen-bond acceptors (Lipinski definition) is 3. The summed E-state index contributed by atoms with van der Waals surface area (Å²) in [5.74, 6) is -0.356. The van der Waals surface area contributed by atoms with Crippen LogP contribution in [0.2, 0.25) is 0 Å². The highest BCUT2D eigenvalue weighted by molar-refractivity contribution is 5.74. The molecule has 1 saturated carbocycles. The maximum Gasteiger partial charge on any atom is 0.320 e. The van der Waals surface area contributed by atoms with Gasteiger partial charge in [-0.2, -0.15) is 0 Å². The molecule has 0 bridgehead atoms.